The minimum Gasteiger partial charge on any atom is -0.347 e. The molecule has 2 N–H and O–H groups in total. The third-order valence-electron chi connectivity index (χ3n) is 4.80. The Labute approximate surface area is 136 Å². The van der Waals surface area contributed by atoms with Gasteiger partial charge in [-0.25, -0.2) is 4.79 Å². The Kier molecular flexibility index (Phi) is 4.87. The van der Waals surface area contributed by atoms with Gasteiger partial charge in [0.05, 0.1) is 12.8 Å². The van der Waals surface area contributed by atoms with Crippen LogP contribution in [0.25, 0.3) is 0 Å². The van der Waals surface area contributed by atoms with Crippen LogP contribution in [0.2, 0.25) is 0 Å². The van der Waals surface area contributed by atoms with E-state index < -0.39 is 0 Å². The smallest absolute Gasteiger partial charge is 0.315 e. The lowest BCUT2D eigenvalue weighted by Crippen LogP contribution is -2.41. The molecule has 7 heteroatoms. The van der Waals surface area contributed by atoms with Gasteiger partial charge < -0.3 is 20.1 Å². The van der Waals surface area contributed by atoms with Gasteiger partial charge in [0.1, 0.15) is 6.10 Å². The van der Waals surface area contributed by atoms with Crippen molar-refractivity contribution < 1.29 is 14.3 Å². The molecular formula is C16H26N4O3. The van der Waals surface area contributed by atoms with E-state index in [9.17, 15) is 4.79 Å². The summed E-state index contributed by atoms with van der Waals surface area (Å²) in [7, 11) is 1.89. The van der Waals surface area contributed by atoms with E-state index in [0.717, 1.165) is 36.9 Å². The van der Waals surface area contributed by atoms with E-state index in [2.05, 4.69) is 15.7 Å². The first-order valence-electron chi connectivity index (χ1n) is 8.39. The van der Waals surface area contributed by atoms with Gasteiger partial charge in [-0.3, -0.25) is 4.68 Å². The Balaban J connectivity index is 1.39. The van der Waals surface area contributed by atoms with Crippen LogP contribution < -0.4 is 10.6 Å². The molecule has 0 bridgehead atoms. The molecule has 0 radical (unpaired) electrons. The average molecular weight is 322 g/mol. The van der Waals surface area contributed by atoms with Crippen molar-refractivity contribution in [1.29, 1.82) is 0 Å². The second-order valence-electron chi connectivity index (χ2n) is 6.46. The van der Waals surface area contributed by atoms with Crippen molar-refractivity contribution in [2.24, 2.45) is 7.05 Å². The highest BCUT2D eigenvalue weighted by atomic mass is 16.7. The van der Waals surface area contributed by atoms with E-state index in [1.807, 2.05) is 14.0 Å². The summed E-state index contributed by atoms with van der Waals surface area (Å²) in [5.74, 6) is -0.381. The molecule has 1 atom stereocenters. The van der Waals surface area contributed by atoms with Crippen LogP contribution in [0.1, 0.15) is 43.4 Å². The first-order valence-corrected chi connectivity index (χ1v) is 8.39. The molecule has 1 aromatic rings. The molecule has 1 saturated heterocycles. The molecule has 1 unspecified atom stereocenters. The van der Waals surface area contributed by atoms with E-state index in [0.29, 0.717) is 19.7 Å². The van der Waals surface area contributed by atoms with Crippen LogP contribution in [-0.2, 0) is 23.1 Å². The Morgan fingerprint density at radius 1 is 1.39 bits per heavy atom. The van der Waals surface area contributed by atoms with Crippen molar-refractivity contribution in [3.63, 3.8) is 0 Å². The number of amides is 2. The van der Waals surface area contributed by atoms with Gasteiger partial charge >= 0.3 is 6.03 Å². The summed E-state index contributed by atoms with van der Waals surface area (Å²) in [6, 6.07) is -0.193. The highest BCUT2D eigenvalue weighted by Gasteiger charge is 2.42. The lowest BCUT2D eigenvalue weighted by atomic mass is 9.94. The molecule has 1 aliphatic carbocycles. The van der Waals surface area contributed by atoms with Gasteiger partial charge in [-0.2, -0.15) is 5.10 Å². The monoisotopic (exact) mass is 322 g/mol. The molecule has 1 aromatic heterocycles. The second-order valence-corrected chi connectivity index (χ2v) is 6.46. The Morgan fingerprint density at radius 2 is 2.17 bits per heavy atom. The first-order chi connectivity index (χ1) is 11.1. The lowest BCUT2D eigenvalue weighted by Gasteiger charge is -2.31. The molecule has 1 aliphatic heterocycles. The van der Waals surface area contributed by atoms with Crippen molar-refractivity contribution in [2.75, 3.05) is 13.2 Å². The number of aryl methyl sites for hydroxylation is 1. The van der Waals surface area contributed by atoms with Crippen molar-refractivity contribution in [2.45, 2.75) is 57.5 Å². The Bertz CT molecular complexity index is 552. The van der Waals surface area contributed by atoms with Crippen molar-refractivity contribution >= 4 is 6.03 Å². The maximum absolute atomic E-state index is 11.9. The fourth-order valence-corrected chi connectivity index (χ4v) is 3.23. The topological polar surface area (TPSA) is 77.4 Å². The van der Waals surface area contributed by atoms with Gasteiger partial charge in [0.15, 0.2) is 5.79 Å². The van der Waals surface area contributed by atoms with Crippen LogP contribution in [0.4, 0.5) is 4.79 Å². The van der Waals surface area contributed by atoms with Gasteiger partial charge in [-0.05, 0) is 19.8 Å². The maximum atomic E-state index is 11.9. The summed E-state index contributed by atoms with van der Waals surface area (Å²) in [6.07, 6.45) is 7.23. The molecule has 1 saturated carbocycles. The van der Waals surface area contributed by atoms with E-state index in [-0.39, 0.29) is 17.9 Å². The van der Waals surface area contributed by atoms with E-state index in [4.69, 9.17) is 9.47 Å². The molecule has 2 aliphatic rings. The SMILES string of the molecule is Cc1c(CNC(=O)NCC2COC3(CCCCC3)O2)cnn1C. The average Bonchev–Trinajstić information content (AvgIpc) is 3.09. The summed E-state index contributed by atoms with van der Waals surface area (Å²) in [6.45, 7) is 3.48. The largest absolute Gasteiger partial charge is 0.347 e. The minimum atomic E-state index is -0.381. The highest BCUT2D eigenvalue weighted by molar-refractivity contribution is 5.73. The molecular weight excluding hydrogens is 296 g/mol. The van der Waals surface area contributed by atoms with Crippen molar-refractivity contribution in [3.05, 3.63) is 17.5 Å². The van der Waals surface area contributed by atoms with Crippen molar-refractivity contribution in [1.82, 2.24) is 20.4 Å². The number of nitrogens with zero attached hydrogens (tertiary/aromatic N) is 2. The van der Waals surface area contributed by atoms with Crippen molar-refractivity contribution in [3.8, 4) is 0 Å². The number of rotatable bonds is 4. The van der Waals surface area contributed by atoms with Gasteiger partial charge in [-0.1, -0.05) is 6.42 Å². The van der Waals surface area contributed by atoms with E-state index in [1.54, 1.807) is 10.9 Å². The number of carbonyl (C=O) groups excluding carboxylic acids is 1. The summed E-state index contributed by atoms with van der Waals surface area (Å²) >= 11 is 0. The molecule has 128 valence electrons. The lowest BCUT2D eigenvalue weighted by molar-refractivity contribution is -0.186. The number of nitrogens with one attached hydrogen (secondary N) is 2. The number of aromatic nitrogens is 2. The van der Waals surface area contributed by atoms with Crippen LogP contribution in [0.5, 0.6) is 0 Å². The number of hydrogen-bond acceptors (Lipinski definition) is 4. The summed E-state index contributed by atoms with van der Waals surface area (Å²) < 4.78 is 13.7. The quantitative estimate of drug-likeness (QED) is 0.883. The third-order valence-corrected chi connectivity index (χ3v) is 4.80. The van der Waals surface area contributed by atoms with Crippen LogP contribution in [0.3, 0.4) is 0 Å². The zero-order chi connectivity index (χ0) is 16.3. The maximum Gasteiger partial charge on any atom is 0.315 e. The second kappa shape index (κ2) is 6.88. The summed E-state index contributed by atoms with van der Waals surface area (Å²) in [5, 5.41) is 9.87. The van der Waals surface area contributed by atoms with Crippen LogP contribution >= 0.6 is 0 Å². The number of hydrogen-bond donors (Lipinski definition) is 2. The van der Waals surface area contributed by atoms with Gasteiger partial charge in [0.25, 0.3) is 0 Å². The molecule has 2 amide bonds. The number of urea groups is 1. The zero-order valence-electron chi connectivity index (χ0n) is 13.9. The number of ether oxygens (including phenoxy) is 2. The summed E-state index contributed by atoms with van der Waals surface area (Å²) in [4.78, 5) is 11.9. The molecule has 1 spiro atoms. The molecule has 23 heavy (non-hydrogen) atoms. The van der Waals surface area contributed by atoms with Gasteiger partial charge in [0.2, 0.25) is 0 Å². The normalized spacial score (nSPS) is 23.1. The van der Waals surface area contributed by atoms with Crippen LogP contribution in [-0.4, -0.2) is 40.9 Å². The summed E-state index contributed by atoms with van der Waals surface area (Å²) in [5.41, 5.74) is 2.07. The van der Waals surface area contributed by atoms with Gasteiger partial charge in [-0.15, -0.1) is 0 Å². The van der Waals surface area contributed by atoms with Crippen LogP contribution in [0.15, 0.2) is 6.20 Å². The molecule has 3 rings (SSSR count). The molecule has 0 aromatic carbocycles. The Morgan fingerprint density at radius 3 is 2.87 bits per heavy atom. The van der Waals surface area contributed by atoms with E-state index >= 15 is 0 Å². The van der Waals surface area contributed by atoms with E-state index in [1.165, 1.54) is 6.42 Å². The third kappa shape index (κ3) is 3.84. The zero-order valence-corrected chi connectivity index (χ0v) is 13.9. The standard InChI is InChI=1S/C16H26N4O3/c1-12-13(9-19-20(12)2)8-17-15(21)18-10-14-11-22-16(23-14)6-4-3-5-7-16/h9,14H,3-8,10-11H2,1-2H3,(H2,17,18,21). The van der Waals surface area contributed by atoms with Crippen LogP contribution in [0, 0.1) is 6.92 Å². The molecule has 7 nitrogen and oxygen atoms in total. The fraction of sp³-hybridized carbons (Fsp3) is 0.750. The number of carbonyl (C=O) groups is 1. The minimum absolute atomic E-state index is 0.0565. The fourth-order valence-electron chi connectivity index (χ4n) is 3.23. The predicted octanol–water partition coefficient (Wildman–Crippen LogP) is 1.60. The van der Waals surface area contributed by atoms with Gasteiger partial charge in [0, 0.05) is 44.2 Å². The highest BCUT2D eigenvalue weighted by Crippen LogP contribution is 2.37. The molecule has 2 heterocycles. The molecule has 2 fully saturated rings. The first kappa shape index (κ1) is 16.3. The predicted molar refractivity (Wildman–Crippen MR) is 84.8 cm³/mol. The Hall–Kier alpha value is -1.60.